The van der Waals surface area contributed by atoms with Crippen molar-refractivity contribution in [2.45, 2.75) is 91.1 Å². The third-order valence-corrected chi connectivity index (χ3v) is 3.64. The van der Waals surface area contributed by atoms with E-state index in [1.54, 1.807) is 0 Å². The summed E-state index contributed by atoms with van der Waals surface area (Å²) in [5.41, 5.74) is 0. The Balaban J connectivity index is 3.92. The van der Waals surface area contributed by atoms with Crippen LogP contribution in [0.5, 0.6) is 0 Å². The van der Waals surface area contributed by atoms with Crippen LogP contribution in [-0.2, 0) is 9.59 Å². The summed E-state index contributed by atoms with van der Waals surface area (Å²) in [6.45, 7) is 8.32. The van der Waals surface area contributed by atoms with Crippen molar-refractivity contribution >= 4 is 11.8 Å². The monoisotopic (exact) mass is 310 g/mol. The van der Waals surface area contributed by atoms with Crippen LogP contribution in [0.1, 0.15) is 79.1 Å². The van der Waals surface area contributed by atoms with Gasteiger partial charge in [0, 0.05) is 24.2 Å². The molecule has 128 valence electrons. The van der Waals surface area contributed by atoms with Gasteiger partial charge in [-0.25, -0.2) is 0 Å². The molecule has 22 heavy (non-hydrogen) atoms. The highest BCUT2D eigenvalue weighted by Crippen LogP contribution is 2.03. The first-order chi connectivity index (χ1) is 10.5. The lowest BCUT2D eigenvalue weighted by Gasteiger charge is -2.13. The third-order valence-electron chi connectivity index (χ3n) is 3.64. The second-order valence-corrected chi connectivity index (χ2v) is 6.14. The molecule has 2 atom stereocenters. The number of carbonyl (C=O) groups excluding carboxylic acids is 2. The average Bonchev–Trinajstić information content (AvgIpc) is 2.45. The topological polar surface area (TPSA) is 58.2 Å². The van der Waals surface area contributed by atoms with E-state index in [-0.39, 0.29) is 23.9 Å². The van der Waals surface area contributed by atoms with Crippen LogP contribution in [0.4, 0.5) is 0 Å². The van der Waals surface area contributed by atoms with Gasteiger partial charge in [0.15, 0.2) is 0 Å². The van der Waals surface area contributed by atoms with Crippen molar-refractivity contribution in [2.24, 2.45) is 0 Å². The SMILES string of the molecule is CCCCCC(C)NC(=O)C=CC(=O)NC(C)CCCCC. The van der Waals surface area contributed by atoms with Gasteiger partial charge in [-0.05, 0) is 26.7 Å². The predicted octanol–water partition coefficient (Wildman–Crippen LogP) is 3.71. The fraction of sp³-hybridized carbons (Fsp3) is 0.778. The minimum atomic E-state index is -0.196. The van der Waals surface area contributed by atoms with Crippen molar-refractivity contribution in [1.29, 1.82) is 0 Å². The van der Waals surface area contributed by atoms with Gasteiger partial charge in [0.1, 0.15) is 0 Å². The number of unbranched alkanes of at least 4 members (excludes halogenated alkanes) is 4. The van der Waals surface area contributed by atoms with Crippen LogP contribution in [0.25, 0.3) is 0 Å². The van der Waals surface area contributed by atoms with E-state index < -0.39 is 0 Å². The van der Waals surface area contributed by atoms with Crippen molar-refractivity contribution < 1.29 is 9.59 Å². The molecule has 0 radical (unpaired) electrons. The summed E-state index contributed by atoms with van der Waals surface area (Å²) < 4.78 is 0. The zero-order valence-electron chi connectivity index (χ0n) is 14.8. The molecule has 4 nitrogen and oxygen atoms in total. The molecule has 2 N–H and O–H groups in total. The lowest BCUT2D eigenvalue weighted by molar-refractivity contribution is -0.119. The molecule has 0 spiro atoms. The van der Waals surface area contributed by atoms with E-state index in [1.807, 2.05) is 13.8 Å². The van der Waals surface area contributed by atoms with E-state index in [0.29, 0.717) is 0 Å². The lowest BCUT2D eigenvalue weighted by atomic mass is 10.1. The highest BCUT2D eigenvalue weighted by Gasteiger charge is 2.06. The molecule has 0 aromatic carbocycles. The molecule has 0 aliphatic carbocycles. The van der Waals surface area contributed by atoms with Gasteiger partial charge in [-0.3, -0.25) is 9.59 Å². The Hall–Kier alpha value is -1.32. The molecule has 0 saturated heterocycles. The molecule has 0 saturated carbocycles. The number of hydrogen-bond donors (Lipinski definition) is 2. The van der Waals surface area contributed by atoms with Crippen LogP contribution in [0.2, 0.25) is 0 Å². The smallest absolute Gasteiger partial charge is 0.244 e. The Morgan fingerprint density at radius 2 is 1.14 bits per heavy atom. The molecule has 0 rings (SSSR count). The normalized spacial score (nSPS) is 13.8. The summed E-state index contributed by atoms with van der Waals surface area (Å²) in [4.78, 5) is 23.4. The summed E-state index contributed by atoms with van der Waals surface area (Å²) in [5.74, 6) is -0.393. The zero-order chi connectivity index (χ0) is 16.8. The van der Waals surface area contributed by atoms with Crippen molar-refractivity contribution in [3.8, 4) is 0 Å². The van der Waals surface area contributed by atoms with Gasteiger partial charge in [-0.2, -0.15) is 0 Å². The Morgan fingerprint density at radius 3 is 1.45 bits per heavy atom. The van der Waals surface area contributed by atoms with E-state index in [0.717, 1.165) is 25.7 Å². The van der Waals surface area contributed by atoms with Gasteiger partial charge in [-0.1, -0.05) is 52.4 Å². The van der Waals surface area contributed by atoms with Crippen molar-refractivity contribution in [1.82, 2.24) is 10.6 Å². The van der Waals surface area contributed by atoms with Crippen LogP contribution < -0.4 is 10.6 Å². The van der Waals surface area contributed by atoms with Gasteiger partial charge < -0.3 is 10.6 Å². The standard InChI is InChI=1S/C18H34N2O2/c1-5-7-9-11-15(3)19-17(21)13-14-18(22)20-16(4)12-10-8-6-2/h13-16H,5-12H2,1-4H3,(H,19,21)(H,20,22). The average molecular weight is 310 g/mol. The van der Waals surface area contributed by atoms with Gasteiger partial charge in [0.25, 0.3) is 0 Å². The minimum absolute atomic E-state index is 0.153. The summed E-state index contributed by atoms with van der Waals surface area (Å²) in [6, 6.07) is 0.305. The predicted molar refractivity (Wildman–Crippen MR) is 92.6 cm³/mol. The Kier molecular flexibility index (Phi) is 12.5. The summed E-state index contributed by atoms with van der Waals surface area (Å²) in [5, 5.41) is 5.77. The summed E-state index contributed by atoms with van der Waals surface area (Å²) in [6.07, 6.45) is 11.6. The third kappa shape index (κ3) is 12.4. The molecule has 4 heteroatoms. The number of amides is 2. The minimum Gasteiger partial charge on any atom is -0.350 e. The van der Waals surface area contributed by atoms with E-state index in [1.165, 1.54) is 37.8 Å². The highest BCUT2D eigenvalue weighted by molar-refractivity contribution is 5.96. The highest BCUT2D eigenvalue weighted by atomic mass is 16.2. The first kappa shape index (κ1) is 20.7. The number of nitrogens with one attached hydrogen (secondary N) is 2. The Morgan fingerprint density at radius 1 is 0.773 bits per heavy atom. The van der Waals surface area contributed by atoms with Gasteiger partial charge in [0.05, 0.1) is 0 Å². The van der Waals surface area contributed by atoms with Gasteiger partial charge >= 0.3 is 0 Å². The summed E-state index contributed by atoms with van der Waals surface area (Å²) >= 11 is 0. The molecule has 2 amide bonds. The number of hydrogen-bond acceptors (Lipinski definition) is 2. The van der Waals surface area contributed by atoms with Crippen molar-refractivity contribution in [3.63, 3.8) is 0 Å². The largest absolute Gasteiger partial charge is 0.350 e. The number of carbonyl (C=O) groups is 2. The molecule has 0 aliphatic heterocycles. The quantitative estimate of drug-likeness (QED) is 0.426. The van der Waals surface area contributed by atoms with Gasteiger partial charge in [0.2, 0.25) is 11.8 Å². The maximum atomic E-state index is 11.7. The second kappa shape index (κ2) is 13.4. The van der Waals surface area contributed by atoms with E-state index >= 15 is 0 Å². The zero-order valence-corrected chi connectivity index (χ0v) is 14.8. The molecule has 0 fully saturated rings. The van der Waals surface area contributed by atoms with Gasteiger partial charge in [-0.15, -0.1) is 0 Å². The van der Waals surface area contributed by atoms with E-state index in [2.05, 4.69) is 24.5 Å². The molecule has 0 aromatic rings. The maximum Gasteiger partial charge on any atom is 0.244 e. The van der Waals surface area contributed by atoms with Crippen molar-refractivity contribution in [3.05, 3.63) is 12.2 Å². The molecular formula is C18H34N2O2. The maximum absolute atomic E-state index is 11.7. The van der Waals surface area contributed by atoms with Crippen LogP contribution in [0, 0.1) is 0 Å². The van der Waals surface area contributed by atoms with Crippen LogP contribution >= 0.6 is 0 Å². The second-order valence-electron chi connectivity index (χ2n) is 6.14. The lowest BCUT2D eigenvalue weighted by Crippen LogP contribution is -2.33. The molecule has 2 unspecified atom stereocenters. The molecule has 0 heterocycles. The van der Waals surface area contributed by atoms with Crippen LogP contribution in [0.3, 0.4) is 0 Å². The summed E-state index contributed by atoms with van der Waals surface area (Å²) in [7, 11) is 0. The Bertz CT molecular complexity index is 308. The first-order valence-corrected chi connectivity index (χ1v) is 8.78. The molecular weight excluding hydrogens is 276 g/mol. The first-order valence-electron chi connectivity index (χ1n) is 8.78. The molecule has 0 aromatic heterocycles. The fourth-order valence-electron chi connectivity index (χ4n) is 2.28. The van der Waals surface area contributed by atoms with E-state index in [9.17, 15) is 9.59 Å². The number of rotatable bonds is 12. The Labute approximate surface area is 136 Å². The van der Waals surface area contributed by atoms with Crippen LogP contribution in [0.15, 0.2) is 12.2 Å². The van der Waals surface area contributed by atoms with E-state index in [4.69, 9.17) is 0 Å². The molecule has 0 aliphatic rings. The van der Waals surface area contributed by atoms with Crippen LogP contribution in [-0.4, -0.2) is 23.9 Å². The van der Waals surface area contributed by atoms with Crippen molar-refractivity contribution in [2.75, 3.05) is 0 Å². The molecule has 0 bridgehead atoms. The fourth-order valence-corrected chi connectivity index (χ4v) is 2.28.